The van der Waals surface area contributed by atoms with E-state index >= 15 is 0 Å². The molecule has 1 aliphatic heterocycles. The van der Waals surface area contributed by atoms with Gasteiger partial charge >= 0.3 is 5.97 Å². The van der Waals surface area contributed by atoms with Gasteiger partial charge in [-0.1, -0.05) is 78.9 Å². The van der Waals surface area contributed by atoms with Crippen molar-refractivity contribution in [3.05, 3.63) is 107 Å². The molecule has 0 saturated carbocycles. The van der Waals surface area contributed by atoms with Gasteiger partial charge in [0.05, 0.1) is 5.56 Å². The van der Waals surface area contributed by atoms with Crippen LogP contribution in [0.1, 0.15) is 27.0 Å². The van der Waals surface area contributed by atoms with E-state index in [4.69, 9.17) is 4.74 Å². The maximum Gasteiger partial charge on any atom is 0.338 e. The van der Waals surface area contributed by atoms with Crippen LogP contribution in [0.25, 0.3) is 0 Å². The molecule has 3 aromatic carbocycles. The van der Waals surface area contributed by atoms with Gasteiger partial charge < -0.3 is 4.74 Å². The lowest BCUT2D eigenvalue weighted by molar-refractivity contribution is 0.0535. The zero-order valence-electron chi connectivity index (χ0n) is 12.8. The Bertz CT molecular complexity index is 727. The summed E-state index contributed by atoms with van der Waals surface area (Å²) < 4.78 is 4.78. The van der Waals surface area contributed by atoms with Crippen molar-refractivity contribution in [2.45, 2.75) is 13.0 Å². The molecular formula is C21H18O2. The minimum Gasteiger partial charge on any atom is -0.457 e. The molecule has 0 amide bonds. The van der Waals surface area contributed by atoms with Crippen molar-refractivity contribution in [2.75, 3.05) is 0 Å². The molecule has 23 heavy (non-hydrogen) atoms. The summed E-state index contributed by atoms with van der Waals surface area (Å²) in [6, 6.07) is 28.5. The third-order valence-corrected chi connectivity index (χ3v) is 3.69. The standard InChI is InChI=1S/C13H12.C8H6O2/c1-3-7-12(8-4-1)11-13-9-5-2-6-10-13;9-8-7-4-2-1-3-6(7)5-10-8/h1-10H,11H2;1-4H,5H2. The molecule has 2 heteroatoms. The quantitative estimate of drug-likeness (QED) is 0.645. The maximum absolute atomic E-state index is 10.8. The summed E-state index contributed by atoms with van der Waals surface area (Å²) in [4.78, 5) is 10.8. The van der Waals surface area contributed by atoms with Crippen molar-refractivity contribution < 1.29 is 9.53 Å². The Balaban J connectivity index is 0.000000140. The Morgan fingerprint density at radius 3 is 1.78 bits per heavy atom. The minimum absolute atomic E-state index is 0.199. The summed E-state index contributed by atoms with van der Waals surface area (Å²) in [5, 5.41) is 0. The van der Waals surface area contributed by atoms with Gasteiger partial charge in [0.1, 0.15) is 6.61 Å². The molecule has 0 bridgehead atoms. The van der Waals surface area contributed by atoms with Gasteiger partial charge in [-0.3, -0.25) is 0 Å². The maximum atomic E-state index is 10.8. The zero-order chi connectivity index (χ0) is 15.9. The van der Waals surface area contributed by atoms with Gasteiger partial charge in [-0.05, 0) is 23.6 Å². The van der Waals surface area contributed by atoms with Crippen LogP contribution in [0.4, 0.5) is 0 Å². The summed E-state index contributed by atoms with van der Waals surface area (Å²) in [5.41, 5.74) is 4.44. The summed E-state index contributed by atoms with van der Waals surface area (Å²) >= 11 is 0. The molecule has 0 aromatic heterocycles. The average molecular weight is 302 g/mol. The molecule has 1 aliphatic rings. The van der Waals surface area contributed by atoms with Gasteiger partial charge in [-0.25, -0.2) is 4.79 Å². The number of esters is 1. The Hall–Kier alpha value is -2.87. The van der Waals surface area contributed by atoms with Crippen molar-refractivity contribution in [2.24, 2.45) is 0 Å². The van der Waals surface area contributed by atoms with Gasteiger partial charge in [-0.15, -0.1) is 0 Å². The lowest BCUT2D eigenvalue weighted by Crippen LogP contribution is -1.91. The fourth-order valence-electron chi connectivity index (χ4n) is 2.49. The molecule has 0 atom stereocenters. The Kier molecular flexibility index (Phi) is 4.85. The van der Waals surface area contributed by atoms with Crippen LogP contribution >= 0.6 is 0 Å². The molecular weight excluding hydrogens is 284 g/mol. The second-order valence-corrected chi connectivity index (χ2v) is 5.38. The van der Waals surface area contributed by atoms with E-state index in [-0.39, 0.29) is 5.97 Å². The first-order chi connectivity index (χ1) is 11.3. The molecule has 114 valence electrons. The molecule has 2 nitrogen and oxygen atoms in total. The molecule has 0 N–H and O–H groups in total. The number of cyclic esters (lactones) is 1. The largest absolute Gasteiger partial charge is 0.457 e. The lowest BCUT2D eigenvalue weighted by Gasteiger charge is -2.00. The monoisotopic (exact) mass is 302 g/mol. The number of fused-ring (bicyclic) bond motifs is 1. The molecule has 0 spiro atoms. The van der Waals surface area contributed by atoms with E-state index in [1.807, 2.05) is 18.2 Å². The second kappa shape index (κ2) is 7.41. The van der Waals surface area contributed by atoms with Crippen LogP contribution in [-0.4, -0.2) is 5.97 Å². The van der Waals surface area contributed by atoms with E-state index in [2.05, 4.69) is 60.7 Å². The average Bonchev–Trinajstić information content (AvgIpc) is 2.99. The minimum atomic E-state index is -0.199. The molecule has 1 heterocycles. The van der Waals surface area contributed by atoms with Crippen LogP contribution < -0.4 is 0 Å². The molecule has 0 fully saturated rings. The van der Waals surface area contributed by atoms with Crippen molar-refractivity contribution in [1.29, 1.82) is 0 Å². The molecule has 0 aliphatic carbocycles. The highest BCUT2D eigenvalue weighted by atomic mass is 16.5. The number of hydrogen-bond donors (Lipinski definition) is 0. The summed E-state index contributed by atoms with van der Waals surface area (Å²) in [6.07, 6.45) is 1.03. The molecule has 4 rings (SSSR count). The number of hydrogen-bond acceptors (Lipinski definition) is 2. The van der Waals surface area contributed by atoms with Crippen LogP contribution in [0.2, 0.25) is 0 Å². The van der Waals surface area contributed by atoms with E-state index in [1.165, 1.54) is 11.1 Å². The van der Waals surface area contributed by atoms with Crippen LogP contribution in [-0.2, 0) is 17.8 Å². The van der Waals surface area contributed by atoms with E-state index < -0.39 is 0 Å². The van der Waals surface area contributed by atoms with Gasteiger partial charge in [0.25, 0.3) is 0 Å². The first-order valence-electron chi connectivity index (χ1n) is 7.66. The predicted molar refractivity (Wildman–Crippen MR) is 91.3 cm³/mol. The Labute approximate surface area is 136 Å². The molecule has 3 aromatic rings. The fraction of sp³-hybridized carbons (Fsp3) is 0.0952. The number of benzene rings is 3. The Morgan fingerprint density at radius 1 is 0.696 bits per heavy atom. The number of carbonyl (C=O) groups is 1. The first-order valence-corrected chi connectivity index (χ1v) is 7.66. The third-order valence-electron chi connectivity index (χ3n) is 3.69. The highest BCUT2D eigenvalue weighted by Crippen LogP contribution is 2.18. The lowest BCUT2D eigenvalue weighted by atomic mass is 10.1. The van der Waals surface area contributed by atoms with E-state index in [0.717, 1.165) is 12.0 Å². The first kappa shape index (κ1) is 15.0. The summed E-state index contributed by atoms with van der Waals surface area (Å²) in [5.74, 6) is -0.199. The van der Waals surface area contributed by atoms with E-state index in [9.17, 15) is 4.79 Å². The molecule has 0 unspecified atom stereocenters. The van der Waals surface area contributed by atoms with E-state index in [0.29, 0.717) is 12.2 Å². The topological polar surface area (TPSA) is 26.3 Å². The normalized spacial score (nSPS) is 11.9. The zero-order valence-corrected chi connectivity index (χ0v) is 12.8. The van der Waals surface area contributed by atoms with Gasteiger partial charge in [-0.2, -0.15) is 0 Å². The van der Waals surface area contributed by atoms with Crippen molar-refractivity contribution in [3.8, 4) is 0 Å². The number of rotatable bonds is 2. The highest BCUT2D eigenvalue weighted by Gasteiger charge is 2.18. The van der Waals surface area contributed by atoms with Gasteiger partial charge in [0, 0.05) is 5.56 Å². The molecule has 0 saturated heterocycles. The van der Waals surface area contributed by atoms with Crippen molar-refractivity contribution in [3.63, 3.8) is 0 Å². The van der Waals surface area contributed by atoms with Crippen LogP contribution in [0.5, 0.6) is 0 Å². The Morgan fingerprint density at radius 2 is 1.22 bits per heavy atom. The van der Waals surface area contributed by atoms with Crippen molar-refractivity contribution >= 4 is 5.97 Å². The van der Waals surface area contributed by atoms with E-state index in [1.54, 1.807) is 6.07 Å². The summed E-state index contributed by atoms with van der Waals surface area (Å²) in [6.45, 7) is 0.439. The highest BCUT2D eigenvalue weighted by molar-refractivity contribution is 5.93. The smallest absolute Gasteiger partial charge is 0.338 e. The second-order valence-electron chi connectivity index (χ2n) is 5.38. The predicted octanol–water partition coefficient (Wildman–Crippen LogP) is 4.63. The van der Waals surface area contributed by atoms with Crippen LogP contribution in [0, 0.1) is 0 Å². The van der Waals surface area contributed by atoms with Crippen LogP contribution in [0.15, 0.2) is 84.9 Å². The van der Waals surface area contributed by atoms with Crippen LogP contribution in [0.3, 0.4) is 0 Å². The molecule has 0 radical (unpaired) electrons. The summed E-state index contributed by atoms with van der Waals surface area (Å²) in [7, 11) is 0. The van der Waals surface area contributed by atoms with Crippen molar-refractivity contribution in [1.82, 2.24) is 0 Å². The number of ether oxygens (including phenoxy) is 1. The van der Waals surface area contributed by atoms with Gasteiger partial charge in [0.2, 0.25) is 0 Å². The third kappa shape index (κ3) is 4.07. The fourth-order valence-corrected chi connectivity index (χ4v) is 2.49. The van der Waals surface area contributed by atoms with Gasteiger partial charge in [0.15, 0.2) is 0 Å². The SMILES string of the molecule is O=C1OCc2ccccc21.c1ccc(Cc2ccccc2)cc1. The number of carbonyl (C=O) groups excluding carboxylic acids is 1.